The Balaban J connectivity index is 1.72. The molecule has 1 saturated heterocycles. The van der Waals surface area contributed by atoms with Crippen molar-refractivity contribution < 1.29 is 0 Å². The van der Waals surface area contributed by atoms with Crippen molar-refractivity contribution in [1.29, 1.82) is 0 Å². The third kappa shape index (κ3) is 5.25. The van der Waals surface area contributed by atoms with E-state index in [1.807, 2.05) is 0 Å². The van der Waals surface area contributed by atoms with Gasteiger partial charge in [-0.1, -0.05) is 28.1 Å². The molecule has 0 aliphatic carbocycles. The minimum Gasteiger partial charge on any atom is -0.314 e. The number of nitrogens with zero attached hydrogens (tertiary/aromatic N) is 1. The summed E-state index contributed by atoms with van der Waals surface area (Å²) in [7, 11) is 2.23. The zero-order valence-corrected chi connectivity index (χ0v) is 13.6. The van der Waals surface area contributed by atoms with E-state index in [2.05, 4.69) is 64.4 Å². The molecule has 1 heterocycles. The van der Waals surface area contributed by atoms with Crippen molar-refractivity contribution in [3.8, 4) is 0 Å². The van der Waals surface area contributed by atoms with E-state index in [0.717, 1.165) is 23.4 Å². The summed E-state index contributed by atoms with van der Waals surface area (Å²) in [5, 5.41) is 3.70. The highest BCUT2D eigenvalue weighted by atomic mass is 79.9. The number of halogens is 1. The first kappa shape index (κ1) is 15.0. The molecule has 0 aromatic heterocycles. The molecule has 1 aliphatic rings. The second-order valence-electron chi connectivity index (χ2n) is 5.91. The molecule has 1 fully saturated rings. The highest BCUT2D eigenvalue weighted by molar-refractivity contribution is 9.10. The van der Waals surface area contributed by atoms with Gasteiger partial charge in [0.05, 0.1) is 0 Å². The van der Waals surface area contributed by atoms with Crippen molar-refractivity contribution >= 4 is 15.9 Å². The lowest BCUT2D eigenvalue weighted by atomic mass is 9.98. The van der Waals surface area contributed by atoms with Gasteiger partial charge in [0, 0.05) is 17.1 Å². The standard InChI is InChI=1S/C16H25BrN2/c1-13(10-14-5-7-16(17)8-6-14)18-11-15-4-3-9-19(2)12-15/h5-8,13,15,18H,3-4,9-12H2,1-2H3. The Morgan fingerprint density at radius 1 is 1.37 bits per heavy atom. The summed E-state index contributed by atoms with van der Waals surface area (Å²) >= 11 is 3.48. The third-order valence-corrected chi connectivity index (χ3v) is 4.46. The first-order valence-corrected chi connectivity index (χ1v) is 8.09. The number of hydrogen-bond acceptors (Lipinski definition) is 2. The lowest BCUT2D eigenvalue weighted by Crippen LogP contribution is -2.40. The Labute approximate surface area is 125 Å². The highest BCUT2D eigenvalue weighted by Crippen LogP contribution is 2.15. The zero-order valence-electron chi connectivity index (χ0n) is 12.0. The number of rotatable bonds is 5. The number of benzene rings is 1. The molecule has 19 heavy (non-hydrogen) atoms. The average Bonchev–Trinajstić information content (AvgIpc) is 2.39. The second-order valence-corrected chi connectivity index (χ2v) is 6.83. The number of nitrogens with one attached hydrogen (secondary N) is 1. The molecule has 0 bridgehead atoms. The van der Waals surface area contributed by atoms with Crippen molar-refractivity contribution in [2.45, 2.75) is 32.2 Å². The molecule has 1 aromatic rings. The van der Waals surface area contributed by atoms with E-state index >= 15 is 0 Å². The molecule has 0 radical (unpaired) electrons. The molecule has 0 spiro atoms. The summed E-state index contributed by atoms with van der Waals surface area (Å²) in [4.78, 5) is 2.45. The number of hydrogen-bond donors (Lipinski definition) is 1. The van der Waals surface area contributed by atoms with Crippen LogP contribution in [0.25, 0.3) is 0 Å². The number of likely N-dealkylation sites (tertiary alicyclic amines) is 1. The van der Waals surface area contributed by atoms with Crippen LogP contribution in [0.15, 0.2) is 28.7 Å². The zero-order chi connectivity index (χ0) is 13.7. The predicted molar refractivity (Wildman–Crippen MR) is 85.5 cm³/mol. The van der Waals surface area contributed by atoms with Crippen LogP contribution in [0.3, 0.4) is 0 Å². The maximum absolute atomic E-state index is 3.70. The lowest BCUT2D eigenvalue weighted by Gasteiger charge is -2.30. The minimum absolute atomic E-state index is 0.549. The minimum atomic E-state index is 0.549. The summed E-state index contributed by atoms with van der Waals surface area (Å²) in [6.45, 7) is 5.96. The Morgan fingerprint density at radius 3 is 2.79 bits per heavy atom. The summed E-state index contributed by atoms with van der Waals surface area (Å²) in [6.07, 6.45) is 3.84. The SMILES string of the molecule is CC(Cc1ccc(Br)cc1)NCC1CCCN(C)C1. The van der Waals surface area contributed by atoms with Gasteiger partial charge in [0.25, 0.3) is 0 Å². The van der Waals surface area contributed by atoms with E-state index < -0.39 is 0 Å². The van der Waals surface area contributed by atoms with E-state index in [4.69, 9.17) is 0 Å². The largest absolute Gasteiger partial charge is 0.314 e. The van der Waals surface area contributed by atoms with Gasteiger partial charge in [-0.2, -0.15) is 0 Å². The van der Waals surface area contributed by atoms with Gasteiger partial charge < -0.3 is 10.2 Å². The summed E-state index contributed by atoms with van der Waals surface area (Å²) in [5.41, 5.74) is 1.41. The van der Waals surface area contributed by atoms with Gasteiger partial charge in [-0.15, -0.1) is 0 Å². The molecule has 2 rings (SSSR count). The first-order chi connectivity index (χ1) is 9.13. The molecule has 1 aliphatic heterocycles. The van der Waals surface area contributed by atoms with E-state index in [0.29, 0.717) is 6.04 Å². The van der Waals surface area contributed by atoms with Crippen LogP contribution in [0.1, 0.15) is 25.3 Å². The van der Waals surface area contributed by atoms with Crippen LogP contribution in [-0.2, 0) is 6.42 Å². The quantitative estimate of drug-likeness (QED) is 0.893. The molecular formula is C16H25BrN2. The Kier molecular flexibility index (Phi) is 5.86. The average molecular weight is 325 g/mol. The molecule has 1 aromatic carbocycles. The fourth-order valence-electron chi connectivity index (χ4n) is 2.85. The molecule has 0 amide bonds. The molecular weight excluding hydrogens is 300 g/mol. The fourth-order valence-corrected chi connectivity index (χ4v) is 3.12. The Morgan fingerprint density at radius 2 is 2.11 bits per heavy atom. The normalized spacial score (nSPS) is 22.4. The van der Waals surface area contributed by atoms with Gasteiger partial charge in [-0.05, 0) is 69.9 Å². The van der Waals surface area contributed by atoms with E-state index in [-0.39, 0.29) is 0 Å². The van der Waals surface area contributed by atoms with Crippen LogP contribution in [0.4, 0.5) is 0 Å². The molecule has 0 saturated carbocycles. The van der Waals surface area contributed by atoms with Crippen molar-refractivity contribution in [3.63, 3.8) is 0 Å². The van der Waals surface area contributed by atoms with Crippen LogP contribution >= 0.6 is 15.9 Å². The fraction of sp³-hybridized carbons (Fsp3) is 0.625. The van der Waals surface area contributed by atoms with Crippen molar-refractivity contribution in [3.05, 3.63) is 34.3 Å². The van der Waals surface area contributed by atoms with Crippen molar-refractivity contribution in [1.82, 2.24) is 10.2 Å². The van der Waals surface area contributed by atoms with Crippen LogP contribution in [0.2, 0.25) is 0 Å². The van der Waals surface area contributed by atoms with Crippen LogP contribution in [0.5, 0.6) is 0 Å². The predicted octanol–water partition coefficient (Wildman–Crippen LogP) is 3.31. The lowest BCUT2D eigenvalue weighted by molar-refractivity contribution is 0.203. The third-order valence-electron chi connectivity index (χ3n) is 3.93. The first-order valence-electron chi connectivity index (χ1n) is 7.30. The second kappa shape index (κ2) is 7.41. The van der Waals surface area contributed by atoms with Crippen molar-refractivity contribution in [2.24, 2.45) is 5.92 Å². The van der Waals surface area contributed by atoms with Crippen LogP contribution in [-0.4, -0.2) is 37.6 Å². The van der Waals surface area contributed by atoms with Crippen LogP contribution < -0.4 is 5.32 Å². The smallest absolute Gasteiger partial charge is 0.0175 e. The monoisotopic (exact) mass is 324 g/mol. The molecule has 3 heteroatoms. The molecule has 106 valence electrons. The van der Waals surface area contributed by atoms with Gasteiger partial charge >= 0.3 is 0 Å². The van der Waals surface area contributed by atoms with Gasteiger partial charge in [-0.25, -0.2) is 0 Å². The summed E-state index contributed by atoms with van der Waals surface area (Å²) < 4.78 is 1.15. The van der Waals surface area contributed by atoms with Gasteiger partial charge in [0.1, 0.15) is 0 Å². The highest BCUT2D eigenvalue weighted by Gasteiger charge is 2.17. The maximum atomic E-state index is 3.70. The summed E-state index contributed by atoms with van der Waals surface area (Å²) in [5.74, 6) is 0.825. The molecule has 2 unspecified atom stereocenters. The van der Waals surface area contributed by atoms with Crippen molar-refractivity contribution in [2.75, 3.05) is 26.7 Å². The number of piperidine rings is 1. The topological polar surface area (TPSA) is 15.3 Å². The summed E-state index contributed by atoms with van der Waals surface area (Å²) in [6, 6.07) is 9.21. The molecule has 1 N–H and O–H groups in total. The van der Waals surface area contributed by atoms with E-state index in [9.17, 15) is 0 Å². The van der Waals surface area contributed by atoms with Gasteiger partial charge in [0.2, 0.25) is 0 Å². The molecule has 2 nitrogen and oxygen atoms in total. The maximum Gasteiger partial charge on any atom is 0.0175 e. The Hall–Kier alpha value is -0.380. The van der Waals surface area contributed by atoms with Crippen LogP contribution in [0, 0.1) is 5.92 Å². The van der Waals surface area contributed by atoms with E-state index in [1.54, 1.807) is 0 Å². The van der Waals surface area contributed by atoms with Gasteiger partial charge in [0.15, 0.2) is 0 Å². The molecule has 2 atom stereocenters. The van der Waals surface area contributed by atoms with E-state index in [1.165, 1.54) is 31.5 Å². The Bertz CT molecular complexity index is 377. The van der Waals surface area contributed by atoms with Gasteiger partial charge in [-0.3, -0.25) is 0 Å².